The third kappa shape index (κ3) is 6.32. The highest BCUT2D eigenvalue weighted by atomic mass is 35.5. The number of carbonyl (C=O) groups excluding carboxylic acids is 2. The normalized spacial score (nSPS) is 14.4. The van der Waals surface area contributed by atoms with Gasteiger partial charge in [0.05, 0.1) is 5.75 Å². The van der Waals surface area contributed by atoms with E-state index in [-0.39, 0.29) is 17.6 Å². The topological polar surface area (TPSA) is 78.4 Å². The Kier molecular flexibility index (Phi) is 8.44. The van der Waals surface area contributed by atoms with Gasteiger partial charge < -0.3 is 15.1 Å². The number of unbranched alkanes of at least 4 members (excludes halogenated alkanes) is 1. The second-order valence-electron chi connectivity index (χ2n) is 6.05. The fourth-order valence-electron chi connectivity index (χ4n) is 2.61. The van der Waals surface area contributed by atoms with Crippen LogP contribution in [0.1, 0.15) is 33.1 Å². The molecule has 7 nitrogen and oxygen atoms in total. The van der Waals surface area contributed by atoms with Crippen LogP contribution in [0.5, 0.6) is 0 Å². The molecule has 0 bridgehead atoms. The Morgan fingerprint density at radius 1 is 1.23 bits per heavy atom. The van der Waals surface area contributed by atoms with Gasteiger partial charge in [0.15, 0.2) is 5.16 Å². The highest BCUT2D eigenvalue weighted by Gasteiger charge is 2.21. The summed E-state index contributed by atoms with van der Waals surface area (Å²) in [6.45, 7) is 7.42. The van der Waals surface area contributed by atoms with E-state index in [0.29, 0.717) is 49.5 Å². The van der Waals surface area contributed by atoms with Crippen LogP contribution in [-0.4, -0.2) is 65.2 Å². The number of nitrogens with one attached hydrogen (secondary N) is 1. The van der Waals surface area contributed by atoms with Crippen molar-refractivity contribution in [2.24, 2.45) is 0 Å². The Balaban J connectivity index is 1.91. The van der Waals surface area contributed by atoms with Crippen molar-refractivity contribution in [3.05, 3.63) is 11.2 Å². The lowest BCUT2D eigenvalue weighted by Crippen LogP contribution is -2.48. The van der Waals surface area contributed by atoms with Crippen LogP contribution in [0.4, 0.5) is 5.82 Å². The third-order valence-electron chi connectivity index (χ3n) is 4.10. The summed E-state index contributed by atoms with van der Waals surface area (Å²) in [5.74, 6) is 1.15. The quantitative estimate of drug-likeness (QED) is 0.312. The van der Waals surface area contributed by atoms with Crippen molar-refractivity contribution in [2.45, 2.75) is 38.3 Å². The zero-order valence-electron chi connectivity index (χ0n) is 15.3. The molecule has 1 saturated heterocycles. The van der Waals surface area contributed by atoms with Crippen molar-refractivity contribution in [3.63, 3.8) is 0 Å². The molecule has 1 aliphatic rings. The minimum absolute atomic E-state index is 0.0275. The van der Waals surface area contributed by atoms with Crippen molar-refractivity contribution in [1.29, 1.82) is 0 Å². The molecule has 0 unspecified atom stereocenters. The van der Waals surface area contributed by atoms with Gasteiger partial charge in [-0.15, -0.1) is 0 Å². The zero-order valence-corrected chi connectivity index (χ0v) is 16.9. The van der Waals surface area contributed by atoms with Crippen LogP contribution in [0.25, 0.3) is 0 Å². The fourth-order valence-corrected chi connectivity index (χ4v) is 3.52. The van der Waals surface area contributed by atoms with Crippen molar-refractivity contribution in [3.8, 4) is 0 Å². The SMILES string of the molecule is CCCCNC(=O)CSc1nc(Cl)cc(N2CCN(C(=O)CC)CC2)n1. The van der Waals surface area contributed by atoms with Crippen molar-refractivity contribution in [1.82, 2.24) is 20.2 Å². The van der Waals surface area contributed by atoms with E-state index in [0.717, 1.165) is 18.7 Å². The monoisotopic (exact) mass is 399 g/mol. The van der Waals surface area contributed by atoms with Crippen LogP contribution >= 0.6 is 23.4 Å². The highest BCUT2D eigenvalue weighted by Crippen LogP contribution is 2.22. The number of aromatic nitrogens is 2. The average molecular weight is 400 g/mol. The van der Waals surface area contributed by atoms with Crippen LogP contribution in [0, 0.1) is 0 Å². The van der Waals surface area contributed by atoms with E-state index in [9.17, 15) is 9.59 Å². The van der Waals surface area contributed by atoms with Crippen molar-refractivity contribution >= 4 is 41.0 Å². The predicted octanol–water partition coefficient (Wildman–Crippen LogP) is 2.20. The molecule has 0 aromatic carbocycles. The van der Waals surface area contributed by atoms with Gasteiger partial charge in [-0.3, -0.25) is 9.59 Å². The number of hydrogen-bond donors (Lipinski definition) is 1. The molecule has 2 heterocycles. The standard InChI is InChI=1S/C17H26ClN5O2S/c1-3-5-6-19-15(24)12-26-17-20-13(18)11-14(21-17)22-7-9-23(10-8-22)16(25)4-2/h11H,3-10,12H2,1-2H3,(H,19,24). The first-order valence-electron chi connectivity index (χ1n) is 9.00. The summed E-state index contributed by atoms with van der Waals surface area (Å²) in [6.07, 6.45) is 2.55. The van der Waals surface area contributed by atoms with Gasteiger partial charge in [0.1, 0.15) is 11.0 Å². The summed E-state index contributed by atoms with van der Waals surface area (Å²) in [4.78, 5) is 36.3. The number of thioether (sulfide) groups is 1. The molecule has 0 atom stereocenters. The number of hydrogen-bond acceptors (Lipinski definition) is 6. The third-order valence-corrected chi connectivity index (χ3v) is 5.15. The van der Waals surface area contributed by atoms with Gasteiger partial charge in [-0.2, -0.15) is 0 Å². The van der Waals surface area contributed by atoms with E-state index < -0.39 is 0 Å². The van der Waals surface area contributed by atoms with Crippen LogP contribution in [-0.2, 0) is 9.59 Å². The number of rotatable bonds is 8. The summed E-state index contributed by atoms with van der Waals surface area (Å²) in [5.41, 5.74) is 0. The second-order valence-corrected chi connectivity index (χ2v) is 7.37. The lowest BCUT2D eigenvalue weighted by molar-refractivity contribution is -0.131. The van der Waals surface area contributed by atoms with Crippen molar-refractivity contribution in [2.75, 3.05) is 43.4 Å². The van der Waals surface area contributed by atoms with E-state index in [1.807, 2.05) is 11.8 Å². The zero-order chi connectivity index (χ0) is 18.9. The smallest absolute Gasteiger partial charge is 0.230 e. The molecule has 1 N–H and O–H groups in total. The van der Waals surface area contributed by atoms with Crippen LogP contribution in [0.2, 0.25) is 5.15 Å². The Labute approximate surface area is 163 Å². The van der Waals surface area contributed by atoms with Gasteiger partial charge >= 0.3 is 0 Å². The molecule has 2 amide bonds. The summed E-state index contributed by atoms with van der Waals surface area (Å²) in [5, 5.41) is 3.72. The molecule has 0 saturated carbocycles. The molecule has 0 spiro atoms. The molecule has 1 fully saturated rings. The van der Waals surface area contributed by atoms with E-state index in [4.69, 9.17) is 11.6 Å². The molecule has 1 aromatic heterocycles. The summed E-state index contributed by atoms with van der Waals surface area (Å²) < 4.78 is 0. The molecule has 1 aromatic rings. The minimum Gasteiger partial charge on any atom is -0.355 e. The fraction of sp³-hybridized carbons (Fsp3) is 0.647. The Morgan fingerprint density at radius 2 is 1.96 bits per heavy atom. The van der Waals surface area contributed by atoms with E-state index >= 15 is 0 Å². The molecule has 0 radical (unpaired) electrons. The lowest BCUT2D eigenvalue weighted by Gasteiger charge is -2.35. The average Bonchev–Trinajstić information content (AvgIpc) is 2.65. The maximum atomic E-state index is 11.8. The van der Waals surface area contributed by atoms with Gasteiger partial charge in [0.2, 0.25) is 11.8 Å². The Hall–Kier alpha value is -1.54. The van der Waals surface area contributed by atoms with Crippen molar-refractivity contribution < 1.29 is 9.59 Å². The number of piperazine rings is 1. The maximum absolute atomic E-state index is 11.8. The number of anilines is 1. The van der Waals surface area contributed by atoms with Crippen LogP contribution in [0.15, 0.2) is 11.2 Å². The lowest BCUT2D eigenvalue weighted by atomic mass is 10.3. The minimum atomic E-state index is -0.0275. The number of amides is 2. The molecule has 144 valence electrons. The first kappa shape index (κ1) is 20.8. The number of carbonyl (C=O) groups is 2. The second kappa shape index (κ2) is 10.6. The Morgan fingerprint density at radius 3 is 2.62 bits per heavy atom. The number of nitrogens with zero attached hydrogens (tertiary/aromatic N) is 4. The van der Waals surface area contributed by atoms with E-state index in [2.05, 4.69) is 27.1 Å². The van der Waals surface area contributed by atoms with Gasteiger partial charge in [0.25, 0.3) is 0 Å². The first-order valence-corrected chi connectivity index (χ1v) is 10.4. The molecule has 1 aliphatic heterocycles. The van der Waals surface area contributed by atoms with Crippen LogP contribution < -0.4 is 10.2 Å². The summed E-state index contributed by atoms with van der Waals surface area (Å²) in [6, 6.07) is 1.73. The molecular weight excluding hydrogens is 374 g/mol. The summed E-state index contributed by atoms with van der Waals surface area (Å²) in [7, 11) is 0. The molecule has 9 heteroatoms. The van der Waals surface area contributed by atoms with Gasteiger partial charge in [-0.1, -0.05) is 43.6 Å². The molecular formula is C17H26ClN5O2S. The molecule has 0 aliphatic carbocycles. The van der Waals surface area contributed by atoms with Crippen LogP contribution in [0.3, 0.4) is 0 Å². The van der Waals surface area contributed by atoms with Gasteiger partial charge in [-0.05, 0) is 6.42 Å². The number of halogens is 1. The van der Waals surface area contributed by atoms with Gasteiger partial charge in [-0.25, -0.2) is 9.97 Å². The summed E-state index contributed by atoms with van der Waals surface area (Å²) >= 11 is 7.41. The molecule has 26 heavy (non-hydrogen) atoms. The Bertz CT molecular complexity index is 623. The van der Waals surface area contributed by atoms with Gasteiger partial charge in [0, 0.05) is 45.2 Å². The predicted molar refractivity (Wildman–Crippen MR) is 105 cm³/mol. The van der Waals surface area contributed by atoms with E-state index in [1.54, 1.807) is 6.07 Å². The maximum Gasteiger partial charge on any atom is 0.230 e. The largest absolute Gasteiger partial charge is 0.355 e. The van der Waals surface area contributed by atoms with E-state index in [1.165, 1.54) is 11.8 Å². The first-order chi connectivity index (χ1) is 12.5. The molecule has 2 rings (SSSR count). The highest BCUT2D eigenvalue weighted by molar-refractivity contribution is 7.99.